The molecule has 1 aromatic carbocycles. The van der Waals surface area contributed by atoms with Crippen molar-refractivity contribution in [2.24, 2.45) is 0 Å². The van der Waals surface area contributed by atoms with E-state index in [9.17, 15) is 9.59 Å². The molecule has 1 amide bonds. The lowest BCUT2D eigenvalue weighted by molar-refractivity contribution is -0.138. The second kappa shape index (κ2) is 8.80. The van der Waals surface area contributed by atoms with Gasteiger partial charge in [-0.1, -0.05) is 18.2 Å². The molecule has 0 spiro atoms. The van der Waals surface area contributed by atoms with Gasteiger partial charge in [-0.05, 0) is 38.9 Å². The van der Waals surface area contributed by atoms with E-state index in [1.54, 1.807) is 0 Å². The van der Waals surface area contributed by atoms with Crippen LogP contribution in [0.25, 0.3) is 0 Å². The minimum Gasteiger partial charge on any atom is -0.480 e. The zero-order valence-corrected chi connectivity index (χ0v) is 14.5. The van der Waals surface area contributed by atoms with Crippen molar-refractivity contribution in [1.82, 2.24) is 9.80 Å². The first-order valence-electron chi connectivity index (χ1n) is 8.51. The van der Waals surface area contributed by atoms with Gasteiger partial charge >= 0.3 is 5.97 Å². The number of para-hydroxylation sites is 1. The molecule has 0 bridgehead atoms. The number of aliphatic carboxylic acids is 1. The van der Waals surface area contributed by atoms with E-state index in [0.717, 1.165) is 31.6 Å². The number of carbonyl (C=O) groups excluding carboxylic acids is 1. The highest BCUT2D eigenvalue weighted by atomic mass is 16.4. The Hall–Kier alpha value is -1.92. The summed E-state index contributed by atoms with van der Waals surface area (Å²) < 4.78 is 0. The number of piperidine rings is 1. The van der Waals surface area contributed by atoms with Crippen LogP contribution in [-0.2, 0) is 9.59 Å². The van der Waals surface area contributed by atoms with Crippen molar-refractivity contribution in [3.05, 3.63) is 30.3 Å². The van der Waals surface area contributed by atoms with Gasteiger partial charge in [0.05, 0.1) is 13.1 Å². The molecule has 1 aliphatic heterocycles. The van der Waals surface area contributed by atoms with Gasteiger partial charge in [0.1, 0.15) is 0 Å². The number of anilines is 1. The number of carbonyl (C=O) groups is 2. The molecule has 24 heavy (non-hydrogen) atoms. The van der Waals surface area contributed by atoms with Gasteiger partial charge in [-0.25, -0.2) is 0 Å². The molecule has 2 rings (SSSR count). The summed E-state index contributed by atoms with van der Waals surface area (Å²) in [6, 6.07) is 10.0. The van der Waals surface area contributed by atoms with Crippen molar-refractivity contribution < 1.29 is 14.7 Å². The van der Waals surface area contributed by atoms with Gasteiger partial charge in [-0.15, -0.1) is 0 Å². The molecule has 132 valence electrons. The van der Waals surface area contributed by atoms with Gasteiger partial charge in [-0.3, -0.25) is 19.4 Å². The number of rotatable bonds is 7. The van der Waals surface area contributed by atoms with E-state index in [1.807, 2.05) is 54.1 Å². The van der Waals surface area contributed by atoms with Crippen LogP contribution in [0.2, 0.25) is 0 Å². The SMILES string of the molecule is CCN(C(=O)CN1CCC(N(C)CC(=O)O)CC1)c1ccccc1. The maximum atomic E-state index is 12.6. The highest BCUT2D eigenvalue weighted by Gasteiger charge is 2.25. The third-order valence-electron chi connectivity index (χ3n) is 4.61. The summed E-state index contributed by atoms with van der Waals surface area (Å²) in [5, 5.41) is 8.88. The van der Waals surface area contributed by atoms with Crippen LogP contribution >= 0.6 is 0 Å². The summed E-state index contributed by atoms with van der Waals surface area (Å²) in [6.45, 7) is 4.78. The second-order valence-electron chi connectivity index (χ2n) is 6.29. The standard InChI is InChI=1S/C18H27N3O3/c1-3-21(16-7-5-4-6-8-16)17(22)13-20-11-9-15(10-12-20)19(2)14-18(23)24/h4-8,15H,3,9-14H2,1-2H3,(H,23,24). The molecule has 1 fully saturated rings. The molecular weight excluding hydrogens is 306 g/mol. The van der Waals surface area contributed by atoms with Crippen molar-refractivity contribution in [1.29, 1.82) is 0 Å². The molecule has 0 atom stereocenters. The Morgan fingerprint density at radius 3 is 2.38 bits per heavy atom. The molecule has 0 aromatic heterocycles. The van der Waals surface area contributed by atoms with E-state index < -0.39 is 5.97 Å². The molecule has 1 saturated heterocycles. The van der Waals surface area contributed by atoms with Gasteiger partial charge in [0.25, 0.3) is 0 Å². The first-order valence-corrected chi connectivity index (χ1v) is 8.51. The Kier molecular flexibility index (Phi) is 6.75. The molecule has 1 heterocycles. The highest BCUT2D eigenvalue weighted by Crippen LogP contribution is 2.17. The molecule has 1 aliphatic rings. The average Bonchev–Trinajstić information content (AvgIpc) is 2.56. The summed E-state index contributed by atoms with van der Waals surface area (Å²) in [5.41, 5.74) is 0.932. The lowest BCUT2D eigenvalue weighted by Gasteiger charge is -2.36. The molecule has 1 aromatic rings. The van der Waals surface area contributed by atoms with Crippen molar-refractivity contribution >= 4 is 17.6 Å². The van der Waals surface area contributed by atoms with Crippen molar-refractivity contribution in [2.45, 2.75) is 25.8 Å². The van der Waals surface area contributed by atoms with Gasteiger partial charge in [0, 0.05) is 31.4 Å². The first kappa shape index (κ1) is 18.4. The number of hydrogen-bond acceptors (Lipinski definition) is 4. The lowest BCUT2D eigenvalue weighted by Crippen LogP contribution is -2.48. The van der Waals surface area contributed by atoms with E-state index >= 15 is 0 Å². The normalized spacial score (nSPS) is 16.3. The number of nitrogens with zero attached hydrogens (tertiary/aromatic N) is 3. The number of likely N-dealkylation sites (tertiary alicyclic amines) is 1. The van der Waals surface area contributed by atoms with Gasteiger partial charge in [0.2, 0.25) is 5.91 Å². The van der Waals surface area contributed by atoms with Crippen molar-refractivity contribution in [2.75, 3.05) is 44.7 Å². The molecule has 0 saturated carbocycles. The molecule has 0 unspecified atom stereocenters. The van der Waals surface area contributed by atoms with E-state index in [-0.39, 0.29) is 18.5 Å². The third kappa shape index (κ3) is 5.04. The van der Waals surface area contributed by atoms with Crippen LogP contribution in [0.5, 0.6) is 0 Å². The first-order chi connectivity index (χ1) is 11.5. The van der Waals surface area contributed by atoms with Crippen LogP contribution in [0.3, 0.4) is 0 Å². The maximum absolute atomic E-state index is 12.6. The maximum Gasteiger partial charge on any atom is 0.317 e. The number of amides is 1. The average molecular weight is 333 g/mol. The lowest BCUT2D eigenvalue weighted by atomic mass is 10.0. The fourth-order valence-corrected chi connectivity index (χ4v) is 3.25. The van der Waals surface area contributed by atoms with Crippen LogP contribution in [0.4, 0.5) is 5.69 Å². The van der Waals surface area contributed by atoms with Crippen LogP contribution in [0.1, 0.15) is 19.8 Å². The fourth-order valence-electron chi connectivity index (χ4n) is 3.25. The van der Waals surface area contributed by atoms with Crippen LogP contribution in [0.15, 0.2) is 30.3 Å². The topological polar surface area (TPSA) is 64.1 Å². The Balaban J connectivity index is 1.84. The highest BCUT2D eigenvalue weighted by molar-refractivity contribution is 5.94. The van der Waals surface area contributed by atoms with E-state index in [2.05, 4.69) is 4.90 Å². The minimum absolute atomic E-state index is 0.0707. The molecule has 6 heteroatoms. The smallest absolute Gasteiger partial charge is 0.317 e. The Bertz CT molecular complexity index is 542. The Labute approximate surface area is 143 Å². The fraction of sp³-hybridized carbons (Fsp3) is 0.556. The van der Waals surface area contributed by atoms with E-state index in [4.69, 9.17) is 5.11 Å². The molecular formula is C18H27N3O3. The number of carboxylic acids is 1. The summed E-state index contributed by atoms with van der Waals surface area (Å²) >= 11 is 0. The van der Waals surface area contributed by atoms with Crippen LogP contribution in [0, 0.1) is 0 Å². The number of likely N-dealkylation sites (N-methyl/N-ethyl adjacent to an activating group) is 2. The van der Waals surface area contributed by atoms with Gasteiger partial charge in [0.15, 0.2) is 0 Å². The van der Waals surface area contributed by atoms with E-state index in [1.165, 1.54) is 0 Å². The Morgan fingerprint density at radius 2 is 1.83 bits per heavy atom. The number of benzene rings is 1. The van der Waals surface area contributed by atoms with Crippen molar-refractivity contribution in [3.8, 4) is 0 Å². The number of carboxylic acid groups (broad SMARTS) is 1. The minimum atomic E-state index is -0.795. The predicted octanol–water partition coefficient (Wildman–Crippen LogP) is 1.52. The summed E-state index contributed by atoms with van der Waals surface area (Å²) in [4.78, 5) is 29.3. The monoisotopic (exact) mass is 333 g/mol. The zero-order chi connectivity index (χ0) is 17.5. The van der Waals surface area contributed by atoms with Crippen LogP contribution < -0.4 is 4.90 Å². The van der Waals surface area contributed by atoms with Crippen LogP contribution in [-0.4, -0.2) is 72.6 Å². The molecule has 6 nitrogen and oxygen atoms in total. The summed E-state index contributed by atoms with van der Waals surface area (Å²) in [6.07, 6.45) is 1.79. The number of hydrogen-bond donors (Lipinski definition) is 1. The second-order valence-corrected chi connectivity index (χ2v) is 6.29. The largest absolute Gasteiger partial charge is 0.480 e. The summed E-state index contributed by atoms with van der Waals surface area (Å²) in [7, 11) is 1.85. The quantitative estimate of drug-likeness (QED) is 0.820. The molecule has 1 N–H and O–H groups in total. The molecule has 0 radical (unpaired) electrons. The van der Waals surface area contributed by atoms with Gasteiger partial charge < -0.3 is 10.0 Å². The van der Waals surface area contributed by atoms with E-state index in [0.29, 0.717) is 13.1 Å². The van der Waals surface area contributed by atoms with Crippen molar-refractivity contribution in [3.63, 3.8) is 0 Å². The Morgan fingerprint density at radius 1 is 1.21 bits per heavy atom. The van der Waals surface area contributed by atoms with Gasteiger partial charge in [-0.2, -0.15) is 0 Å². The third-order valence-corrected chi connectivity index (χ3v) is 4.61. The zero-order valence-electron chi connectivity index (χ0n) is 14.5. The molecule has 0 aliphatic carbocycles. The summed E-state index contributed by atoms with van der Waals surface area (Å²) in [5.74, 6) is -0.683. The predicted molar refractivity (Wildman–Crippen MR) is 94.2 cm³/mol.